The van der Waals surface area contributed by atoms with Crippen LogP contribution in [0.4, 0.5) is 5.69 Å². The zero-order valence-corrected chi connectivity index (χ0v) is 17.4. The summed E-state index contributed by atoms with van der Waals surface area (Å²) >= 11 is 0. The van der Waals surface area contributed by atoms with Gasteiger partial charge in [0.25, 0.3) is 17.4 Å². The van der Waals surface area contributed by atoms with E-state index >= 15 is 0 Å². The Morgan fingerprint density at radius 2 is 1.74 bits per heavy atom. The van der Waals surface area contributed by atoms with Gasteiger partial charge in [-0.25, -0.2) is 0 Å². The molecule has 0 aromatic heterocycles. The Morgan fingerprint density at radius 1 is 1.10 bits per heavy atom. The maximum absolute atomic E-state index is 12.9. The average Bonchev–Trinajstić information content (AvgIpc) is 3.02. The maximum atomic E-state index is 12.9. The zero-order valence-electron chi connectivity index (χ0n) is 17.4. The van der Waals surface area contributed by atoms with E-state index in [0.717, 1.165) is 6.42 Å². The molecular weight excluding hydrogens is 400 g/mol. The molecule has 162 valence electrons. The Kier molecular flexibility index (Phi) is 6.69. The molecule has 2 aromatic carbocycles. The largest absolute Gasteiger partial charge is 0.507 e. The summed E-state index contributed by atoms with van der Waals surface area (Å²) in [5.41, 5.74) is 0.736. The quantitative estimate of drug-likeness (QED) is 0.223. The standard InChI is InChI=1S/C23H24N2O6/c1-3-5-14-24-20(15-8-12-18(13-9-15)31-4-2)19(22(27)23(24)28)21(26)16-6-10-17(11-7-16)25(29)30/h6-13,20,26H,3-5,14H2,1-2H3/b21-19-. The number of nitro groups is 1. The molecule has 0 aliphatic carbocycles. The van der Waals surface area contributed by atoms with Crippen molar-refractivity contribution >= 4 is 23.1 Å². The van der Waals surface area contributed by atoms with E-state index in [-0.39, 0.29) is 22.6 Å². The Morgan fingerprint density at radius 3 is 2.29 bits per heavy atom. The van der Waals surface area contributed by atoms with Gasteiger partial charge in [-0.15, -0.1) is 0 Å². The third-order valence-corrected chi connectivity index (χ3v) is 5.15. The lowest BCUT2D eigenvalue weighted by molar-refractivity contribution is -0.384. The predicted molar refractivity (Wildman–Crippen MR) is 115 cm³/mol. The first-order valence-electron chi connectivity index (χ1n) is 10.1. The number of Topliss-reactive ketones (excluding diaryl/α,β-unsaturated/α-hetero) is 1. The number of nitrogens with zero attached hydrogens (tertiary/aromatic N) is 2. The van der Waals surface area contributed by atoms with Crippen LogP contribution in [0, 0.1) is 10.1 Å². The lowest BCUT2D eigenvalue weighted by atomic mass is 9.95. The van der Waals surface area contributed by atoms with Crippen LogP contribution < -0.4 is 4.74 Å². The molecule has 1 amide bonds. The van der Waals surface area contributed by atoms with Crippen molar-refractivity contribution in [3.63, 3.8) is 0 Å². The van der Waals surface area contributed by atoms with E-state index < -0.39 is 22.7 Å². The first-order valence-corrected chi connectivity index (χ1v) is 10.1. The molecule has 1 atom stereocenters. The fourth-order valence-corrected chi connectivity index (χ4v) is 3.60. The van der Waals surface area contributed by atoms with Crippen molar-refractivity contribution in [1.82, 2.24) is 4.90 Å². The van der Waals surface area contributed by atoms with E-state index in [4.69, 9.17) is 4.74 Å². The summed E-state index contributed by atoms with van der Waals surface area (Å²) in [5.74, 6) is -1.14. The summed E-state index contributed by atoms with van der Waals surface area (Å²) < 4.78 is 5.47. The Balaban J connectivity index is 2.09. The van der Waals surface area contributed by atoms with Crippen LogP contribution in [0.2, 0.25) is 0 Å². The number of aliphatic hydroxyl groups excluding tert-OH is 1. The Bertz CT molecular complexity index is 1010. The molecule has 3 rings (SSSR count). The number of carbonyl (C=O) groups is 2. The molecule has 1 N–H and O–H groups in total. The number of nitro benzene ring substituents is 1. The first kappa shape index (κ1) is 22.0. The molecule has 8 heteroatoms. The van der Waals surface area contributed by atoms with Crippen LogP contribution in [0.3, 0.4) is 0 Å². The number of benzene rings is 2. The second-order valence-electron chi connectivity index (χ2n) is 7.15. The second-order valence-corrected chi connectivity index (χ2v) is 7.15. The summed E-state index contributed by atoms with van der Waals surface area (Å²) in [6, 6.07) is 11.5. The molecule has 0 spiro atoms. The Labute approximate surface area is 179 Å². The van der Waals surface area contributed by atoms with Crippen LogP contribution >= 0.6 is 0 Å². The van der Waals surface area contributed by atoms with Gasteiger partial charge in [0, 0.05) is 24.2 Å². The van der Waals surface area contributed by atoms with Crippen molar-refractivity contribution in [2.75, 3.05) is 13.2 Å². The lowest BCUT2D eigenvalue weighted by Crippen LogP contribution is -2.30. The van der Waals surface area contributed by atoms with Gasteiger partial charge in [0.15, 0.2) is 0 Å². The number of aliphatic hydroxyl groups is 1. The van der Waals surface area contributed by atoms with Crippen molar-refractivity contribution in [2.24, 2.45) is 0 Å². The van der Waals surface area contributed by atoms with E-state index in [1.807, 2.05) is 13.8 Å². The van der Waals surface area contributed by atoms with Crippen molar-refractivity contribution in [3.05, 3.63) is 75.3 Å². The average molecular weight is 424 g/mol. The SMILES string of the molecule is CCCCN1C(=O)C(=O)/C(=C(\O)c2ccc([N+](=O)[O-])cc2)C1c1ccc(OCC)cc1. The second kappa shape index (κ2) is 9.42. The van der Waals surface area contributed by atoms with Crippen molar-refractivity contribution in [1.29, 1.82) is 0 Å². The van der Waals surface area contributed by atoms with E-state index in [0.29, 0.717) is 30.9 Å². The molecular formula is C23H24N2O6. The smallest absolute Gasteiger partial charge is 0.295 e. The van der Waals surface area contributed by atoms with Gasteiger partial charge in [-0.2, -0.15) is 0 Å². The number of rotatable bonds is 8. The number of likely N-dealkylation sites (tertiary alicyclic amines) is 1. The van der Waals surface area contributed by atoms with Crippen LogP contribution in [0.15, 0.2) is 54.1 Å². The molecule has 1 aliphatic rings. The van der Waals surface area contributed by atoms with Gasteiger partial charge in [0.2, 0.25) is 0 Å². The van der Waals surface area contributed by atoms with Crippen molar-refractivity contribution < 1.29 is 24.4 Å². The van der Waals surface area contributed by atoms with Gasteiger partial charge in [0.1, 0.15) is 11.5 Å². The highest BCUT2D eigenvalue weighted by atomic mass is 16.6. The van der Waals surface area contributed by atoms with Crippen LogP contribution in [-0.2, 0) is 9.59 Å². The first-order chi connectivity index (χ1) is 14.9. The summed E-state index contributed by atoms with van der Waals surface area (Å²) in [4.78, 5) is 37.5. The molecule has 2 aromatic rings. The number of amides is 1. The minimum atomic E-state index is -0.772. The molecule has 8 nitrogen and oxygen atoms in total. The number of ether oxygens (including phenoxy) is 1. The van der Waals surface area contributed by atoms with E-state index in [2.05, 4.69) is 0 Å². The summed E-state index contributed by atoms with van der Waals surface area (Å²) in [7, 11) is 0. The third-order valence-electron chi connectivity index (χ3n) is 5.15. The highest BCUT2D eigenvalue weighted by Crippen LogP contribution is 2.40. The normalized spacial score (nSPS) is 17.7. The number of carbonyl (C=O) groups excluding carboxylic acids is 2. The van der Waals surface area contributed by atoms with Gasteiger partial charge in [-0.05, 0) is 43.2 Å². The van der Waals surface area contributed by atoms with Crippen LogP contribution in [0.25, 0.3) is 5.76 Å². The lowest BCUT2D eigenvalue weighted by Gasteiger charge is -2.25. The van der Waals surface area contributed by atoms with Gasteiger partial charge >= 0.3 is 0 Å². The van der Waals surface area contributed by atoms with Crippen molar-refractivity contribution in [2.45, 2.75) is 32.7 Å². The fourth-order valence-electron chi connectivity index (χ4n) is 3.60. The molecule has 1 heterocycles. The van der Waals surface area contributed by atoms with Gasteiger partial charge < -0.3 is 14.7 Å². The predicted octanol–water partition coefficient (Wildman–Crippen LogP) is 4.22. The molecule has 0 radical (unpaired) electrons. The highest BCUT2D eigenvalue weighted by molar-refractivity contribution is 6.46. The van der Waals surface area contributed by atoms with Crippen LogP contribution in [-0.4, -0.2) is 39.8 Å². The monoisotopic (exact) mass is 424 g/mol. The van der Waals surface area contributed by atoms with Crippen LogP contribution in [0.1, 0.15) is 43.9 Å². The van der Waals surface area contributed by atoms with Gasteiger partial charge in [-0.1, -0.05) is 25.5 Å². The maximum Gasteiger partial charge on any atom is 0.295 e. The summed E-state index contributed by atoms with van der Waals surface area (Å²) in [6.07, 6.45) is 1.54. The molecule has 1 aliphatic heterocycles. The summed E-state index contributed by atoms with van der Waals surface area (Å²) in [5, 5.41) is 21.8. The topological polar surface area (TPSA) is 110 Å². The third kappa shape index (κ3) is 4.42. The molecule has 0 bridgehead atoms. The van der Waals surface area contributed by atoms with Gasteiger partial charge in [-0.3, -0.25) is 19.7 Å². The van der Waals surface area contributed by atoms with E-state index in [9.17, 15) is 24.8 Å². The molecule has 1 fully saturated rings. The number of hydrogen-bond donors (Lipinski definition) is 1. The van der Waals surface area contributed by atoms with E-state index in [1.54, 1.807) is 24.3 Å². The van der Waals surface area contributed by atoms with Crippen molar-refractivity contribution in [3.8, 4) is 5.75 Å². The zero-order chi connectivity index (χ0) is 22.5. The molecule has 31 heavy (non-hydrogen) atoms. The number of unbranched alkanes of at least 4 members (excludes halogenated alkanes) is 1. The molecule has 0 saturated carbocycles. The fraction of sp³-hybridized carbons (Fsp3) is 0.304. The highest BCUT2D eigenvalue weighted by Gasteiger charge is 2.45. The molecule has 1 unspecified atom stereocenters. The number of non-ortho nitro benzene ring substituents is 1. The summed E-state index contributed by atoms with van der Waals surface area (Å²) in [6.45, 7) is 4.74. The minimum Gasteiger partial charge on any atom is -0.507 e. The minimum absolute atomic E-state index is 0.0286. The van der Waals surface area contributed by atoms with Crippen LogP contribution in [0.5, 0.6) is 5.75 Å². The van der Waals surface area contributed by atoms with E-state index in [1.165, 1.54) is 29.2 Å². The number of ketones is 1. The Hall–Kier alpha value is -3.68. The van der Waals surface area contributed by atoms with Gasteiger partial charge in [0.05, 0.1) is 23.1 Å². The number of hydrogen-bond acceptors (Lipinski definition) is 6. The molecule has 1 saturated heterocycles.